The van der Waals surface area contributed by atoms with Gasteiger partial charge in [-0.25, -0.2) is 0 Å². The Balaban J connectivity index is 1.82. The molecule has 0 amide bonds. The molecule has 0 spiro atoms. The van der Waals surface area contributed by atoms with E-state index < -0.39 is 0 Å². The summed E-state index contributed by atoms with van der Waals surface area (Å²) in [5.41, 5.74) is 2.71. The second kappa shape index (κ2) is 7.46. The van der Waals surface area contributed by atoms with Crippen LogP contribution in [0, 0.1) is 0 Å². The van der Waals surface area contributed by atoms with Crippen molar-refractivity contribution in [1.29, 1.82) is 0 Å². The van der Waals surface area contributed by atoms with Crippen molar-refractivity contribution in [2.75, 3.05) is 26.2 Å². The summed E-state index contributed by atoms with van der Waals surface area (Å²) in [6.45, 7) is 9.99. The van der Waals surface area contributed by atoms with E-state index in [4.69, 9.17) is 0 Å². The third-order valence-corrected chi connectivity index (χ3v) is 4.02. The Hall–Kier alpha value is -1.32. The number of benzene rings is 1. The summed E-state index contributed by atoms with van der Waals surface area (Å²) >= 11 is 0. The van der Waals surface area contributed by atoms with Gasteiger partial charge < -0.3 is 14.8 Å². The summed E-state index contributed by atoms with van der Waals surface area (Å²) in [5.74, 6) is 0. The molecule has 2 rings (SSSR count). The van der Waals surface area contributed by atoms with Crippen molar-refractivity contribution >= 4 is 10.9 Å². The molecule has 2 aromatic rings. The fraction of sp³-hybridized carbons (Fsp3) is 0.529. The minimum Gasteiger partial charge on any atom is -0.350 e. The first-order valence-corrected chi connectivity index (χ1v) is 7.72. The predicted octanol–water partition coefficient (Wildman–Crippen LogP) is 3.00. The zero-order chi connectivity index (χ0) is 14.4. The van der Waals surface area contributed by atoms with E-state index in [9.17, 15) is 0 Å². The summed E-state index contributed by atoms with van der Waals surface area (Å²) in [4.78, 5) is 2.47. The summed E-state index contributed by atoms with van der Waals surface area (Å²) in [5, 5.41) is 4.94. The Morgan fingerprint density at radius 1 is 1.15 bits per heavy atom. The molecular weight excluding hydrogens is 246 g/mol. The first-order chi connectivity index (χ1) is 9.76. The SMILES string of the molecule is CCN(CC)CCCNCc1cn(C)c2ccccc12. The van der Waals surface area contributed by atoms with E-state index in [2.05, 4.69) is 66.1 Å². The van der Waals surface area contributed by atoms with E-state index in [0.29, 0.717) is 0 Å². The number of rotatable bonds is 8. The predicted molar refractivity (Wildman–Crippen MR) is 87.0 cm³/mol. The lowest BCUT2D eigenvalue weighted by molar-refractivity contribution is 0.298. The van der Waals surface area contributed by atoms with Crippen molar-refractivity contribution in [1.82, 2.24) is 14.8 Å². The van der Waals surface area contributed by atoms with Gasteiger partial charge in [-0.05, 0) is 44.2 Å². The Morgan fingerprint density at radius 2 is 1.90 bits per heavy atom. The van der Waals surface area contributed by atoms with Crippen LogP contribution in [0.25, 0.3) is 10.9 Å². The molecule has 1 aromatic heterocycles. The number of para-hydroxylation sites is 1. The highest BCUT2D eigenvalue weighted by atomic mass is 15.1. The fourth-order valence-electron chi connectivity index (χ4n) is 2.76. The number of hydrogen-bond acceptors (Lipinski definition) is 2. The van der Waals surface area contributed by atoms with Gasteiger partial charge in [0.15, 0.2) is 0 Å². The third kappa shape index (κ3) is 3.62. The van der Waals surface area contributed by atoms with Crippen molar-refractivity contribution < 1.29 is 0 Å². The van der Waals surface area contributed by atoms with Crippen LogP contribution in [0.15, 0.2) is 30.5 Å². The van der Waals surface area contributed by atoms with Gasteiger partial charge in [-0.2, -0.15) is 0 Å². The van der Waals surface area contributed by atoms with Crippen molar-refractivity contribution in [3.63, 3.8) is 0 Å². The van der Waals surface area contributed by atoms with Gasteiger partial charge in [0.25, 0.3) is 0 Å². The molecule has 1 aromatic carbocycles. The highest BCUT2D eigenvalue weighted by molar-refractivity contribution is 5.83. The summed E-state index contributed by atoms with van der Waals surface area (Å²) in [6.07, 6.45) is 3.45. The Kier molecular flexibility index (Phi) is 5.62. The molecular formula is C17H27N3. The molecule has 0 fully saturated rings. The van der Waals surface area contributed by atoms with E-state index in [1.807, 2.05) is 0 Å². The minimum atomic E-state index is 0.958. The van der Waals surface area contributed by atoms with Gasteiger partial charge in [0.05, 0.1) is 0 Å². The monoisotopic (exact) mass is 273 g/mol. The number of hydrogen-bond donors (Lipinski definition) is 1. The lowest BCUT2D eigenvalue weighted by Crippen LogP contribution is -2.27. The topological polar surface area (TPSA) is 20.2 Å². The van der Waals surface area contributed by atoms with Crippen LogP contribution in [0.5, 0.6) is 0 Å². The van der Waals surface area contributed by atoms with Crippen LogP contribution < -0.4 is 5.32 Å². The summed E-state index contributed by atoms with van der Waals surface area (Å²) in [6, 6.07) is 8.61. The van der Waals surface area contributed by atoms with Crippen LogP contribution in [0.4, 0.5) is 0 Å². The van der Waals surface area contributed by atoms with Gasteiger partial charge in [0.2, 0.25) is 0 Å². The van der Waals surface area contributed by atoms with Gasteiger partial charge in [0, 0.05) is 30.7 Å². The smallest absolute Gasteiger partial charge is 0.0481 e. The second-order valence-electron chi connectivity index (χ2n) is 5.34. The first kappa shape index (κ1) is 15.1. The maximum atomic E-state index is 3.57. The number of fused-ring (bicyclic) bond motifs is 1. The molecule has 0 radical (unpaired) electrons. The molecule has 0 aliphatic heterocycles. The highest BCUT2D eigenvalue weighted by Crippen LogP contribution is 2.19. The molecule has 0 unspecified atom stereocenters. The van der Waals surface area contributed by atoms with Crippen molar-refractivity contribution in [2.45, 2.75) is 26.8 Å². The van der Waals surface area contributed by atoms with Crippen molar-refractivity contribution in [3.05, 3.63) is 36.0 Å². The molecule has 1 heterocycles. The fourth-order valence-corrected chi connectivity index (χ4v) is 2.76. The zero-order valence-electron chi connectivity index (χ0n) is 13.0. The molecule has 20 heavy (non-hydrogen) atoms. The summed E-state index contributed by atoms with van der Waals surface area (Å²) in [7, 11) is 2.12. The van der Waals surface area contributed by atoms with Crippen molar-refractivity contribution in [3.8, 4) is 0 Å². The largest absolute Gasteiger partial charge is 0.350 e. The van der Waals surface area contributed by atoms with Crippen LogP contribution in [0.1, 0.15) is 25.8 Å². The quantitative estimate of drug-likeness (QED) is 0.746. The number of nitrogens with zero attached hydrogens (tertiary/aromatic N) is 2. The number of aryl methyl sites for hydroxylation is 1. The normalized spacial score (nSPS) is 11.6. The maximum absolute atomic E-state index is 3.57. The van der Waals surface area contributed by atoms with E-state index in [1.165, 1.54) is 29.4 Å². The first-order valence-electron chi connectivity index (χ1n) is 7.72. The Bertz CT molecular complexity index is 526. The molecule has 3 heteroatoms. The van der Waals surface area contributed by atoms with Crippen LogP contribution >= 0.6 is 0 Å². The molecule has 0 atom stereocenters. The standard InChI is InChI=1S/C17H27N3/c1-4-20(5-2)12-8-11-18-13-15-14-19(3)17-10-7-6-9-16(15)17/h6-7,9-10,14,18H,4-5,8,11-13H2,1-3H3. The van der Waals surface area contributed by atoms with Gasteiger partial charge >= 0.3 is 0 Å². The zero-order valence-corrected chi connectivity index (χ0v) is 13.0. The van der Waals surface area contributed by atoms with Crippen LogP contribution in [-0.2, 0) is 13.6 Å². The number of nitrogens with one attached hydrogen (secondary N) is 1. The Morgan fingerprint density at radius 3 is 2.65 bits per heavy atom. The van der Waals surface area contributed by atoms with E-state index >= 15 is 0 Å². The number of aromatic nitrogens is 1. The van der Waals surface area contributed by atoms with E-state index in [-0.39, 0.29) is 0 Å². The minimum absolute atomic E-state index is 0.958. The second-order valence-corrected chi connectivity index (χ2v) is 5.34. The van der Waals surface area contributed by atoms with E-state index in [0.717, 1.165) is 26.2 Å². The molecule has 0 saturated heterocycles. The average molecular weight is 273 g/mol. The van der Waals surface area contributed by atoms with Crippen LogP contribution in [-0.4, -0.2) is 35.6 Å². The lowest BCUT2D eigenvalue weighted by atomic mass is 10.2. The lowest BCUT2D eigenvalue weighted by Gasteiger charge is -2.17. The van der Waals surface area contributed by atoms with Gasteiger partial charge in [0.1, 0.15) is 0 Å². The third-order valence-electron chi connectivity index (χ3n) is 4.02. The average Bonchev–Trinajstić information content (AvgIpc) is 2.80. The highest BCUT2D eigenvalue weighted by Gasteiger charge is 2.05. The maximum Gasteiger partial charge on any atom is 0.0481 e. The molecule has 1 N–H and O–H groups in total. The van der Waals surface area contributed by atoms with Gasteiger partial charge in [-0.15, -0.1) is 0 Å². The molecule has 0 aliphatic rings. The molecule has 3 nitrogen and oxygen atoms in total. The Labute approximate surface area is 122 Å². The summed E-state index contributed by atoms with van der Waals surface area (Å²) < 4.78 is 2.21. The molecule has 110 valence electrons. The van der Waals surface area contributed by atoms with Gasteiger partial charge in [-0.1, -0.05) is 32.0 Å². The van der Waals surface area contributed by atoms with E-state index in [1.54, 1.807) is 0 Å². The molecule has 0 saturated carbocycles. The van der Waals surface area contributed by atoms with Gasteiger partial charge in [-0.3, -0.25) is 0 Å². The molecule has 0 bridgehead atoms. The van der Waals surface area contributed by atoms with Crippen molar-refractivity contribution in [2.24, 2.45) is 7.05 Å². The van der Waals surface area contributed by atoms with Crippen LogP contribution in [0.2, 0.25) is 0 Å². The van der Waals surface area contributed by atoms with Crippen LogP contribution in [0.3, 0.4) is 0 Å². The molecule has 0 aliphatic carbocycles.